The van der Waals surface area contributed by atoms with Gasteiger partial charge in [0, 0.05) is 27.1 Å². The standard InChI is InChI=1S/C14H15BrINO2/c1-9(18)7-11-3-2-6-17(11)14(19)12-8-10(16)4-5-13(12)15/h4-5,8,11H,2-3,6-7H2,1H3. The van der Waals surface area contributed by atoms with Crippen LogP contribution in [-0.4, -0.2) is 29.2 Å². The van der Waals surface area contributed by atoms with Gasteiger partial charge in [0.2, 0.25) is 0 Å². The molecule has 1 saturated heterocycles. The Morgan fingerprint density at radius 1 is 1.47 bits per heavy atom. The lowest BCUT2D eigenvalue weighted by atomic mass is 10.1. The molecule has 1 heterocycles. The summed E-state index contributed by atoms with van der Waals surface area (Å²) < 4.78 is 1.85. The SMILES string of the molecule is CC(=O)CC1CCCN1C(=O)c1cc(I)ccc1Br. The number of hydrogen-bond acceptors (Lipinski definition) is 2. The highest BCUT2D eigenvalue weighted by Gasteiger charge is 2.30. The summed E-state index contributed by atoms with van der Waals surface area (Å²) in [5, 5.41) is 0. The molecule has 0 N–H and O–H groups in total. The third-order valence-corrected chi connectivity index (χ3v) is 4.68. The second kappa shape index (κ2) is 6.35. The van der Waals surface area contributed by atoms with Crippen LogP contribution in [0.5, 0.6) is 0 Å². The second-order valence-electron chi connectivity index (χ2n) is 4.82. The zero-order chi connectivity index (χ0) is 14.0. The number of halogens is 2. The number of nitrogens with zero attached hydrogens (tertiary/aromatic N) is 1. The molecule has 0 spiro atoms. The molecular weight excluding hydrogens is 421 g/mol. The van der Waals surface area contributed by atoms with Crippen molar-refractivity contribution >= 4 is 50.2 Å². The van der Waals surface area contributed by atoms with Crippen molar-refractivity contribution < 1.29 is 9.59 Å². The molecule has 2 rings (SSSR count). The fourth-order valence-electron chi connectivity index (χ4n) is 2.46. The van der Waals surface area contributed by atoms with Crippen molar-refractivity contribution in [2.45, 2.75) is 32.2 Å². The Hall–Kier alpha value is -0.430. The number of benzene rings is 1. The Bertz CT molecular complexity index is 518. The average molecular weight is 436 g/mol. The highest BCUT2D eigenvalue weighted by Crippen LogP contribution is 2.26. The van der Waals surface area contributed by atoms with Gasteiger partial charge in [0.1, 0.15) is 5.78 Å². The first-order valence-electron chi connectivity index (χ1n) is 6.24. The fraction of sp³-hybridized carbons (Fsp3) is 0.429. The van der Waals surface area contributed by atoms with Gasteiger partial charge in [-0.3, -0.25) is 9.59 Å². The Labute approximate surface area is 135 Å². The third kappa shape index (κ3) is 3.56. The molecule has 1 aromatic rings. The molecule has 0 aliphatic carbocycles. The maximum atomic E-state index is 12.6. The first-order valence-corrected chi connectivity index (χ1v) is 8.11. The van der Waals surface area contributed by atoms with Gasteiger partial charge in [-0.05, 0) is 76.5 Å². The quantitative estimate of drug-likeness (QED) is 0.679. The topological polar surface area (TPSA) is 37.4 Å². The molecule has 5 heteroatoms. The summed E-state index contributed by atoms with van der Waals surface area (Å²) in [7, 11) is 0. The minimum absolute atomic E-state index is 0.0224. The minimum Gasteiger partial charge on any atom is -0.335 e. The van der Waals surface area contributed by atoms with Gasteiger partial charge >= 0.3 is 0 Å². The van der Waals surface area contributed by atoms with Gasteiger partial charge in [0.25, 0.3) is 5.91 Å². The molecule has 1 aliphatic heterocycles. The molecule has 1 unspecified atom stereocenters. The van der Waals surface area contributed by atoms with E-state index in [1.165, 1.54) is 0 Å². The summed E-state index contributed by atoms with van der Waals surface area (Å²) in [5.41, 5.74) is 0.683. The first kappa shape index (κ1) is 15.0. The predicted octanol–water partition coefficient (Wildman–Crippen LogP) is 3.64. The number of amides is 1. The number of carbonyl (C=O) groups excluding carboxylic acids is 2. The molecular formula is C14H15BrINO2. The van der Waals surface area contributed by atoms with Crippen LogP contribution in [0.4, 0.5) is 0 Å². The van der Waals surface area contributed by atoms with Gasteiger partial charge in [-0.2, -0.15) is 0 Å². The summed E-state index contributed by atoms with van der Waals surface area (Å²) >= 11 is 5.63. The van der Waals surface area contributed by atoms with Gasteiger partial charge in [-0.25, -0.2) is 0 Å². The Kier molecular flexibility index (Phi) is 5.00. The normalized spacial score (nSPS) is 18.7. The number of ketones is 1. The van der Waals surface area contributed by atoms with Crippen LogP contribution in [0.2, 0.25) is 0 Å². The lowest BCUT2D eigenvalue weighted by Gasteiger charge is -2.24. The molecule has 0 bridgehead atoms. The zero-order valence-electron chi connectivity index (χ0n) is 10.7. The molecule has 3 nitrogen and oxygen atoms in total. The van der Waals surface area contributed by atoms with E-state index in [0.717, 1.165) is 27.4 Å². The van der Waals surface area contributed by atoms with Crippen LogP contribution in [0.3, 0.4) is 0 Å². The summed E-state index contributed by atoms with van der Waals surface area (Å²) in [5.74, 6) is 0.167. The maximum Gasteiger partial charge on any atom is 0.255 e. The molecule has 102 valence electrons. The summed E-state index contributed by atoms with van der Waals surface area (Å²) in [6.45, 7) is 2.33. The van der Waals surface area contributed by atoms with E-state index < -0.39 is 0 Å². The Morgan fingerprint density at radius 2 is 2.21 bits per heavy atom. The van der Waals surface area contributed by atoms with E-state index in [9.17, 15) is 9.59 Å². The lowest BCUT2D eigenvalue weighted by Crippen LogP contribution is -2.36. The van der Waals surface area contributed by atoms with E-state index >= 15 is 0 Å². The smallest absolute Gasteiger partial charge is 0.255 e. The molecule has 19 heavy (non-hydrogen) atoms. The van der Waals surface area contributed by atoms with Crippen molar-refractivity contribution in [3.63, 3.8) is 0 Å². The van der Waals surface area contributed by atoms with E-state index in [2.05, 4.69) is 38.5 Å². The molecule has 0 saturated carbocycles. The van der Waals surface area contributed by atoms with Crippen molar-refractivity contribution in [3.8, 4) is 0 Å². The molecule has 0 aromatic heterocycles. The molecule has 1 amide bonds. The molecule has 1 aliphatic rings. The largest absolute Gasteiger partial charge is 0.335 e. The van der Waals surface area contributed by atoms with Crippen LogP contribution >= 0.6 is 38.5 Å². The van der Waals surface area contributed by atoms with E-state index in [0.29, 0.717) is 12.0 Å². The number of Topliss-reactive ketones (excluding diaryl/α,β-unsaturated/α-hetero) is 1. The van der Waals surface area contributed by atoms with E-state index in [1.54, 1.807) is 6.92 Å². The molecule has 1 fully saturated rings. The molecule has 1 aromatic carbocycles. The molecule has 0 radical (unpaired) electrons. The zero-order valence-corrected chi connectivity index (χ0v) is 14.4. The first-order chi connectivity index (χ1) is 8.99. The number of likely N-dealkylation sites (tertiary alicyclic amines) is 1. The summed E-state index contributed by atoms with van der Waals surface area (Å²) in [6.07, 6.45) is 2.37. The van der Waals surface area contributed by atoms with Crippen molar-refractivity contribution in [1.82, 2.24) is 4.90 Å². The average Bonchev–Trinajstić information content (AvgIpc) is 2.78. The highest BCUT2D eigenvalue weighted by molar-refractivity contribution is 14.1. The van der Waals surface area contributed by atoms with Crippen molar-refractivity contribution in [2.24, 2.45) is 0 Å². The second-order valence-corrected chi connectivity index (χ2v) is 6.92. The van der Waals surface area contributed by atoms with Crippen molar-refractivity contribution in [1.29, 1.82) is 0 Å². The summed E-state index contributed by atoms with van der Waals surface area (Å²) in [6, 6.07) is 5.80. The van der Waals surface area contributed by atoms with Gasteiger partial charge < -0.3 is 4.90 Å². The number of carbonyl (C=O) groups is 2. The minimum atomic E-state index is 0.0224. The third-order valence-electron chi connectivity index (χ3n) is 3.32. The van der Waals surface area contributed by atoms with Crippen LogP contribution in [0.25, 0.3) is 0 Å². The van der Waals surface area contributed by atoms with Gasteiger partial charge in [-0.1, -0.05) is 0 Å². The van der Waals surface area contributed by atoms with Crippen LogP contribution in [0, 0.1) is 3.57 Å². The fourth-order valence-corrected chi connectivity index (χ4v) is 3.37. The predicted molar refractivity (Wildman–Crippen MR) is 86.2 cm³/mol. The summed E-state index contributed by atoms with van der Waals surface area (Å²) in [4.78, 5) is 25.7. The van der Waals surface area contributed by atoms with E-state index in [4.69, 9.17) is 0 Å². The van der Waals surface area contributed by atoms with Crippen LogP contribution in [-0.2, 0) is 4.79 Å². The van der Waals surface area contributed by atoms with Gasteiger partial charge in [0.05, 0.1) is 5.56 Å². The van der Waals surface area contributed by atoms with Gasteiger partial charge in [0.15, 0.2) is 0 Å². The molecule has 1 atom stereocenters. The van der Waals surface area contributed by atoms with Crippen LogP contribution in [0.1, 0.15) is 36.5 Å². The van der Waals surface area contributed by atoms with Gasteiger partial charge in [-0.15, -0.1) is 0 Å². The number of hydrogen-bond donors (Lipinski definition) is 0. The monoisotopic (exact) mass is 435 g/mol. The van der Waals surface area contributed by atoms with E-state index in [1.807, 2.05) is 23.1 Å². The maximum absolute atomic E-state index is 12.6. The van der Waals surface area contributed by atoms with Crippen molar-refractivity contribution in [3.05, 3.63) is 31.8 Å². The Balaban J connectivity index is 2.23. The van der Waals surface area contributed by atoms with Crippen molar-refractivity contribution in [2.75, 3.05) is 6.54 Å². The van der Waals surface area contributed by atoms with E-state index in [-0.39, 0.29) is 17.7 Å². The van der Waals surface area contributed by atoms with Crippen LogP contribution < -0.4 is 0 Å². The van der Waals surface area contributed by atoms with Crippen LogP contribution in [0.15, 0.2) is 22.7 Å². The Morgan fingerprint density at radius 3 is 2.89 bits per heavy atom. The highest BCUT2D eigenvalue weighted by atomic mass is 127. The lowest BCUT2D eigenvalue weighted by molar-refractivity contribution is -0.117. The number of rotatable bonds is 3.